The Bertz CT molecular complexity index is 39.9. The molecule has 0 aliphatic rings. The molecule has 0 N–H and O–H groups in total. The maximum atomic E-state index is 9.60. The molecule has 6 radical (unpaired) electrons. The van der Waals surface area contributed by atoms with Crippen LogP contribution >= 0.6 is 8.46 Å². The average Bonchev–Trinajstić information content (AvgIpc) is 1.38. The highest BCUT2D eigenvalue weighted by Gasteiger charge is 1.81. The molecule has 4 heteroatoms. The van der Waals surface area contributed by atoms with E-state index in [0.29, 0.717) is 5.66 Å². The third-order valence-electron chi connectivity index (χ3n) is 0.211. The zero-order valence-corrected chi connectivity index (χ0v) is 5.22. The first-order valence-electron chi connectivity index (χ1n) is 1.60. The van der Waals surface area contributed by atoms with Crippen LogP contribution in [0.25, 0.3) is 0 Å². The minimum absolute atomic E-state index is 0. The Morgan fingerprint density at radius 3 is 1.43 bits per heavy atom. The molecule has 0 aliphatic heterocycles. The number of nitrogens with zero attached hydrogens (tertiary/aromatic N) is 2. The molecule has 0 aromatic carbocycles. The van der Waals surface area contributed by atoms with Crippen molar-refractivity contribution in [1.82, 2.24) is 12.3 Å². The molecule has 0 aliphatic carbocycles. The summed E-state index contributed by atoms with van der Waals surface area (Å²) in [5.41, 5.74) is 0.301. The molecule has 0 spiro atoms. The van der Waals surface area contributed by atoms with E-state index in [0.717, 1.165) is 0 Å². The summed E-state index contributed by atoms with van der Waals surface area (Å²) in [7, 11) is 0.247. The Labute approximate surface area is 45.9 Å². The Morgan fingerprint density at radius 2 is 1.43 bits per heavy atom. The lowest BCUT2D eigenvalue weighted by Gasteiger charge is -1.76. The average molecular weight is 118 g/mol. The second-order valence-corrected chi connectivity index (χ2v) is 2.44. The van der Waals surface area contributed by atoms with Gasteiger partial charge in [0.05, 0.1) is 0 Å². The summed E-state index contributed by atoms with van der Waals surface area (Å²) < 4.78 is 9.60. The molecule has 3 nitrogen and oxygen atoms in total. The van der Waals surface area contributed by atoms with Crippen LogP contribution in [0.2, 0.25) is 0 Å². The van der Waals surface area contributed by atoms with E-state index in [1.54, 1.807) is 0 Å². The minimum Gasteiger partial charge on any atom is -0.275 e. The van der Waals surface area contributed by atoms with Crippen molar-refractivity contribution < 1.29 is 4.57 Å². The lowest BCUT2D eigenvalue weighted by Crippen LogP contribution is -1.72. The van der Waals surface area contributed by atoms with Gasteiger partial charge in [-0.05, 0) is 0 Å². The first-order chi connectivity index (χ1) is 2.27. The molecule has 0 fully saturated rings. The number of rotatable bonds is 1. The summed E-state index contributed by atoms with van der Waals surface area (Å²) in [5, 5.41) is 0. The zero-order chi connectivity index (χ0) is 4.28. The van der Waals surface area contributed by atoms with Crippen LogP contribution in [0.3, 0.4) is 0 Å². The van der Waals surface area contributed by atoms with Gasteiger partial charge in [0.1, 0.15) is 0 Å². The van der Waals surface area contributed by atoms with Crippen LogP contribution in [0.4, 0.5) is 0 Å². The fourth-order valence-corrected chi connectivity index (χ4v) is 0. The number of hydrogen-bond acceptors (Lipinski definition) is 1. The summed E-state index contributed by atoms with van der Waals surface area (Å²) in [6.07, 6.45) is 0. The molecule has 0 unspecified atom stereocenters. The van der Waals surface area contributed by atoms with Crippen molar-refractivity contribution in [3.63, 3.8) is 0 Å². The van der Waals surface area contributed by atoms with Gasteiger partial charge in [-0.2, -0.15) is 0 Å². The molecule has 0 bridgehead atoms. The van der Waals surface area contributed by atoms with Gasteiger partial charge in [0.25, 0.3) is 0 Å². The van der Waals surface area contributed by atoms with Crippen molar-refractivity contribution in [2.45, 2.75) is 19.5 Å². The summed E-state index contributed by atoms with van der Waals surface area (Å²) in [5.74, 6) is 0. The maximum absolute atomic E-state index is 9.60. The van der Waals surface area contributed by atoms with Gasteiger partial charge in [0.2, 0.25) is 0 Å². The van der Waals surface area contributed by atoms with Gasteiger partial charge in [-0.3, -0.25) is 4.57 Å². The van der Waals surface area contributed by atoms with E-state index in [4.69, 9.17) is 0 Å². The standard InChI is InChI=1S/C3H7OP.2N/c1-3(2)5-4;;/h3H,1-2H3;;. The Balaban J connectivity index is -0.0000000800. The van der Waals surface area contributed by atoms with E-state index in [9.17, 15) is 4.57 Å². The molecule has 0 heterocycles. The van der Waals surface area contributed by atoms with Gasteiger partial charge >= 0.3 is 0 Å². The second kappa shape index (κ2) is 9.39. The van der Waals surface area contributed by atoms with Crippen molar-refractivity contribution in [2.75, 3.05) is 0 Å². The third kappa shape index (κ3) is 23.8. The van der Waals surface area contributed by atoms with E-state index < -0.39 is 0 Å². The van der Waals surface area contributed by atoms with Crippen LogP contribution in [0.5, 0.6) is 0 Å². The molecule has 0 rings (SSSR count). The highest BCUT2D eigenvalue weighted by atomic mass is 31.1. The minimum atomic E-state index is 0. The van der Waals surface area contributed by atoms with Crippen LogP contribution in [0, 0.1) is 0 Å². The largest absolute Gasteiger partial charge is 0.275 e. The smallest absolute Gasteiger partial charge is 0.158 e. The molecule has 0 saturated carbocycles. The van der Waals surface area contributed by atoms with Crippen LogP contribution < -0.4 is 12.3 Å². The van der Waals surface area contributed by atoms with Gasteiger partial charge in [0.15, 0.2) is 8.46 Å². The number of hydrogen-bond donors (Lipinski definition) is 0. The van der Waals surface area contributed by atoms with Gasteiger partial charge in [-0.1, -0.05) is 13.8 Å². The molecular formula is C3H7N2OP. The lowest BCUT2D eigenvalue weighted by atomic mass is 10.6. The highest BCUT2D eigenvalue weighted by Crippen LogP contribution is 1.99. The molecule has 0 saturated heterocycles. The van der Waals surface area contributed by atoms with Crippen LogP contribution in [0.1, 0.15) is 13.8 Å². The first-order valence-corrected chi connectivity index (χ1v) is 2.48. The van der Waals surface area contributed by atoms with Crippen molar-refractivity contribution >= 4 is 8.46 Å². The normalized spacial score (nSPS) is 7.29. The van der Waals surface area contributed by atoms with E-state index in [2.05, 4.69) is 0 Å². The monoisotopic (exact) mass is 118 g/mol. The quantitative estimate of drug-likeness (QED) is 0.467. The van der Waals surface area contributed by atoms with Gasteiger partial charge in [0, 0.05) is 18.0 Å². The molecule has 7 heavy (non-hydrogen) atoms. The Hall–Kier alpha value is 0.0200. The SMILES string of the molecule is CC(C)P=O.[N].[N]. The second-order valence-electron chi connectivity index (χ2n) is 1.20. The van der Waals surface area contributed by atoms with Crippen molar-refractivity contribution in [3.05, 3.63) is 0 Å². The van der Waals surface area contributed by atoms with E-state index in [1.165, 1.54) is 0 Å². The molecule has 0 aromatic rings. The molecule has 0 atom stereocenters. The van der Waals surface area contributed by atoms with Crippen LogP contribution in [-0.4, -0.2) is 5.66 Å². The van der Waals surface area contributed by atoms with Crippen LogP contribution in [0.15, 0.2) is 0 Å². The Kier molecular flexibility index (Phi) is 21.1. The Morgan fingerprint density at radius 1 is 1.29 bits per heavy atom. The van der Waals surface area contributed by atoms with E-state index >= 15 is 0 Å². The molecular weight excluding hydrogens is 111 g/mol. The fraction of sp³-hybridized carbons (Fsp3) is 1.00. The summed E-state index contributed by atoms with van der Waals surface area (Å²) in [4.78, 5) is 0. The van der Waals surface area contributed by atoms with E-state index in [1.807, 2.05) is 13.8 Å². The molecule has 40 valence electrons. The van der Waals surface area contributed by atoms with Gasteiger partial charge in [-0.15, -0.1) is 0 Å². The summed E-state index contributed by atoms with van der Waals surface area (Å²) >= 11 is 0. The zero-order valence-electron chi connectivity index (χ0n) is 4.33. The van der Waals surface area contributed by atoms with Gasteiger partial charge < -0.3 is 0 Å². The maximum Gasteiger partial charge on any atom is 0.158 e. The first kappa shape index (κ1) is 15.7. The van der Waals surface area contributed by atoms with Crippen LogP contribution in [-0.2, 0) is 4.57 Å². The third-order valence-corrected chi connectivity index (χ3v) is 0.632. The molecule has 0 aromatic heterocycles. The fourth-order valence-electron chi connectivity index (χ4n) is 0. The van der Waals surface area contributed by atoms with Crippen molar-refractivity contribution in [3.8, 4) is 0 Å². The predicted molar refractivity (Wildman–Crippen MR) is 27.0 cm³/mol. The predicted octanol–water partition coefficient (Wildman–Crippen LogP) is 0.725. The summed E-state index contributed by atoms with van der Waals surface area (Å²) in [6.45, 7) is 3.79. The lowest BCUT2D eigenvalue weighted by molar-refractivity contribution is 0.594. The van der Waals surface area contributed by atoms with Gasteiger partial charge in [-0.25, -0.2) is 0 Å². The summed E-state index contributed by atoms with van der Waals surface area (Å²) in [6, 6.07) is 0. The molecule has 0 amide bonds. The van der Waals surface area contributed by atoms with Crippen molar-refractivity contribution in [2.24, 2.45) is 0 Å². The van der Waals surface area contributed by atoms with E-state index in [-0.39, 0.29) is 20.8 Å². The highest BCUT2D eigenvalue weighted by molar-refractivity contribution is 7.24. The topological polar surface area (TPSA) is 78.1 Å². The van der Waals surface area contributed by atoms with Crippen molar-refractivity contribution in [1.29, 1.82) is 0 Å².